The van der Waals surface area contributed by atoms with Gasteiger partial charge in [-0.1, -0.05) is 18.6 Å². The van der Waals surface area contributed by atoms with E-state index < -0.39 is 0 Å². The van der Waals surface area contributed by atoms with Crippen molar-refractivity contribution >= 4 is 33.1 Å². The molecule has 0 bridgehead atoms. The van der Waals surface area contributed by atoms with E-state index in [0.29, 0.717) is 0 Å². The number of piperidine rings is 1. The van der Waals surface area contributed by atoms with Crippen LogP contribution in [0.1, 0.15) is 29.7 Å². The van der Waals surface area contributed by atoms with Crippen LogP contribution >= 0.6 is 11.3 Å². The van der Waals surface area contributed by atoms with E-state index in [1.807, 2.05) is 29.9 Å². The number of benzene rings is 1. The molecule has 2 N–H and O–H groups in total. The number of aryl methyl sites for hydroxylation is 1. The lowest BCUT2D eigenvalue weighted by atomic mass is 10.1. The average Bonchev–Trinajstić information content (AvgIpc) is 3.66. The lowest BCUT2D eigenvalue weighted by Gasteiger charge is -2.26. The van der Waals surface area contributed by atoms with Gasteiger partial charge in [0.1, 0.15) is 5.69 Å². The number of nitrogens with one attached hydrogen (secondary N) is 2. The van der Waals surface area contributed by atoms with E-state index in [0.717, 1.165) is 45.6 Å². The largest absolute Gasteiger partial charge is 0.353 e. The molecule has 1 saturated heterocycles. The van der Waals surface area contributed by atoms with E-state index >= 15 is 0 Å². The quantitative estimate of drug-likeness (QED) is 0.261. The summed E-state index contributed by atoms with van der Waals surface area (Å²) in [6.07, 6.45) is 9.69. The fourth-order valence-corrected chi connectivity index (χ4v) is 6.35. The predicted molar refractivity (Wildman–Crippen MR) is 152 cm³/mol. The van der Waals surface area contributed by atoms with Gasteiger partial charge in [-0.05, 0) is 74.8 Å². The van der Waals surface area contributed by atoms with Crippen LogP contribution in [0.25, 0.3) is 54.9 Å². The molecule has 0 atom stereocenters. The zero-order chi connectivity index (χ0) is 24.8. The Morgan fingerprint density at radius 1 is 0.919 bits per heavy atom. The first-order chi connectivity index (χ1) is 18.2. The molecule has 6 heterocycles. The molecule has 0 radical (unpaired) electrons. The van der Waals surface area contributed by atoms with Gasteiger partial charge in [0.2, 0.25) is 0 Å². The highest BCUT2D eigenvalue weighted by Crippen LogP contribution is 2.37. The first-order valence-corrected chi connectivity index (χ1v) is 13.7. The van der Waals surface area contributed by atoms with E-state index in [1.54, 1.807) is 0 Å². The van der Waals surface area contributed by atoms with Crippen LogP contribution in [-0.2, 0) is 6.54 Å². The molecule has 0 saturated carbocycles. The number of aromatic nitrogens is 5. The minimum Gasteiger partial charge on any atom is -0.353 e. The summed E-state index contributed by atoms with van der Waals surface area (Å²) >= 11 is 1.82. The smallest absolute Gasteiger partial charge is 0.116 e. The topological polar surface area (TPSA) is 73.5 Å². The second kappa shape index (κ2) is 9.25. The molecule has 5 aromatic heterocycles. The number of hydrogen-bond donors (Lipinski definition) is 2. The van der Waals surface area contributed by atoms with Crippen molar-refractivity contribution in [3.8, 4) is 33.1 Å². The summed E-state index contributed by atoms with van der Waals surface area (Å²) in [5.74, 6) is 0. The van der Waals surface area contributed by atoms with Crippen molar-refractivity contribution in [2.45, 2.75) is 32.7 Å². The van der Waals surface area contributed by atoms with E-state index in [2.05, 4.69) is 80.5 Å². The molecule has 6 nitrogen and oxygen atoms in total. The molecular weight excluding hydrogens is 476 g/mol. The van der Waals surface area contributed by atoms with Crippen LogP contribution in [0.3, 0.4) is 0 Å². The van der Waals surface area contributed by atoms with Crippen molar-refractivity contribution in [1.82, 2.24) is 30.0 Å². The van der Waals surface area contributed by atoms with Gasteiger partial charge in [0.25, 0.3) is 0 Å². The number of thiophene rings is 1. The Morgan fingerprint density at radius 3 is 2.70 bits per heavy atom. The highest BCUT2D eigenvalue weighted by Gasteiger charge is 2.16. The Labute approximate surface area is 219 Å². The van der Waals surface area contributed by atoms with Crippen molar-refractivity contribution in [3.63, 3.8) is 0 Å². The number of likely N-dealkylation sites (tertiary alicyclic amines) is 1. The fraction of sp³-hybridized carbons (Fsp3) is 0.233. The van der Waals surface area contributed by atoms with E-state index in [1.165, 1.54) is 58.6 Å². The van der Waals surface area contributed by atoms with Crippen LogP contribution in [0.2, 0.25) is 0 Å². The molecule has 6 aromatic rings. The molecule has 0 unspecified atom stereocenters. The number of pyridine rings is 2. The van der Waals surface area contributed by atoms with E-state index in [-0.39, 0.29) is 0 Å². The van der Waals surface area contributed by atoms with Gasteiger partial charge in [0.05, 0.1) is 23.1 Å². The minimum atomic E-state index is 0.903. The summed E-state index contributed by atoms with van der Waals surface area (Å²) in [5.41, 5.74) is 8.36. The van der Waals surface area contributed by atoms with Gasteiger partial charge in [-0.25, -0.2) is 0 Å². The summed E-state index contributed by atoms with van der Waals surface area (Å²) < 4.78 is 0. The number of rotatable bonds is 5. The molecule has 7 rings (SSSR count). The Hall–Kier alpha value is -3.81. The Kier molecular flexibility index (Phi) is 5.60. The van der Waals surface area contributed by atoms with Crippen LogP contribution in [0, 0.1) is 6.92 Å². The lowest BCUT2D eigenvalue weighted by Crippen LogP contribution is -2.29. The summed E-state index contributed by atoms with van der Waals surface area (Å²) in [5, 5.41) is 10.1. The van der Waals surface area contributed by atoms with E-state index in [9.17, 15) is 0 Å². The zero-order valence-electron chi connectivity index (χ0n) is 20.8. The highest BCUT2D eigenvalue weighted by molar-refractivity contribution is 7.15. The maximum atomic E-state index is 4.74. The second-order valence-corrected chi connectivity index (χ2v) is 11.3. The van der Waals surface area contributed by atoms with Gasteiger partial charge in [-0.15, -0.1) is 11.3 Å². The van der Waals surface area contributed by atoms with E-state index in [4.69, 9.17) is 4.98 Å². The normalized spacial score (nSPS) is 14.6. The third kappa shape index (κ3) is 4.24. The molecule has 1 fully saturated rings. The monoisotopic (exact) mass is 504 g/mol. The summed E-state index contributed by atoms with van der Waals surface area (Å²) in [4.78, 5) is 18.0. The molecular formula is C30H28N6S. The van der Waals surface area contributed by atoms with Gasteiger partial charge in [0.15, 0.2) is 0 Å². The molecule has 37 heavy (non-hydrogen) atoms. The Morgan fingerprint density at radius 2 is 1.84 bits per heavy atom. The molecule has 0 amide bonds. The number of hydrogen-bond acceptors (Lipinski definition) is 5. The SMILES string of the molecule is Cc1ccc(-c2cccc3[nH]c(-c4n[nH]c5cnc(-c6cncc(CN7CCCCC7)c6)cc45)cc23)s1. The van der Waals surface area contributed by atoms with Crippen LogP contribution in [0.5, 0.6) is 0 Å². The standard InChI is InChI=1S/C30H28N6S/c1-19-8-9-29(37-19)22-6-5-7-25-23(22)13-27(33-25)30-24-14-26(32-17-28(24)34-35-30)21-12-20(15-31-16-21)18-36-10-3-2-4-11-36/h5-9,12-17,33H,2-4,10-11,18H2,1H3,(H,34,35). The molecule has 0 aliphatic carbocycles. The second-order valence-electron chi connectivity index (χ2n) is 9.97. The molecule has 1 aliphatic heterocycles. The van der Waals surface area contributed by atoms with Crippen LogP contribution in [0.15, 0.2) is 67.1 Å². The van der Waals surface area contributed by atoms with Gasteiger partial charge in [0, 0.05) is 56.1 Å². The van der Waals surface area contributed by atoms with Gasteiger partial charge in [-0.2, -0.15) is 5.10 Å². The number of H-pyrrole nitrogens is 2. The molecule has 7 heteroatoms. The summed E-state index contributed by atoms with van der Waals surface area (Å²) in [7, 11) is 0. The first kappa shape index (κ1) is 22.4. The number of nitrogens with zero attached hydrogens (tertiary/aromatic N) is 4. The summed E-state index contributed by atoms with van der Waals surface area (Å²) in [6, 6.07) is 17.4. The van der Waals surface area contributed by atoms with Gasteiger partial charge in [-0.3, -0.25) is 20.0 Å². The minimum absolute atomic E-state index is 0.903. The van der Waals surface area contributed by atoms with Crippen molar-refractivity contribution in [2.24, 2.45) is 0 Å². The van der Waals surface area contributed by atoms with Crippen molar-refractivity contribution < 1.29 is 0 Å². The number of fused-ring (bicyclic) bond motifs is 2. The third-order valence-electron chi connectivity index (χ3n) is 7.32. The van der Waals surface area contributed by atoms with Gasteiger partial charge < -0.3 is 4.98 Å². The van der Waals surface area contributed by atoms with Crippen LogP contribution in [0.4, 0.5) is 0 Å². The maximum Gasteiger partial charge on any atom is 0.116 e. The predicted octanol–water partition coefficient (Wildman–Crippen LogP) is 7.19. The fourth-order valence-electron chi connectivity index (χ4n) is 5.45. The van der Waals surface area contributed by atoms with Crippen molar-refractivity contribution in [1.29, 1.82) is 0 Å². The molecule has 184 valence electrons. The van der Waals surface area contributed by atoms with Crippen molar-refractivity contribution in [3.05, 3.63) is 77.6 Å². The lowest BCUT2D eigenvalue weighted by molar-refractivity contribution is 0.220. The molecule has 1 aromatic carbocycles. The van der Waals surface area contributed by atoms with Crippen molar-refractivity contribution in [2.75, 3.05) is 13.1 Å². The Bertz CT molecular complexity index is 1720. The third-order valence-corrected chi connectivity index (χ3v) is 8.35. The number of aromatic amines is 2. The Balaban J connectivity index is 1.26. The van der Waals surface area contributed by atoms with Gasteiger partial charge >= 0.3 is 0 Å². The average molecular weight is 505 g/mol. The molecule has 0 spiro atoms. The summed E-state index contributed by atoms with van der Waals surface area (Å²) in [6.45, 7) is 5.44. The highest BCUT2D eigenvalue weighted by atomic mass is 32.1. The van der Waals surface area contributed by atoms with Crippen LogP contribution < -0.4 is 0 Å². The first-order valence-electron chi connectivity index (χ1n) is 12.9. The molecule has 1 aliphatic rings. The van der Waals surface area contributed by atoms with Crippen LogP contribution in [-0.4, -0.2) is 43.1 Å². The maximum absolute atomic E-state index is 4.74. The zero-order valence-corrected chi connectivity index (χ0v) is 21.6.